The van der Waals surface area contributed by atoms with Crippen LogP contribution in [0.15, 0.2) is 79.4 Å². The number of Topliss-reactive ketones (excluding diaryl/α,β-unsaturated/α-hetero) is 1. The van der Waals surface area contributed by atoms with Crippen molar-refractivity contribution in [3.8, 4) is 0 Å². The number of nitrogen functional groups attached to an aromatic ring is 1. The van der Waals surface area contributed by atoms with E-state index in [9.17, 15) is 14.4 Å². The molecule has 1 fully saturated rings. The summed E-state index contributed by atoms with van der Waals surface area (Å²) in [6, 6.07) is 20.0. The van der Waals surface area contributed by atoms with Gasteiger partial charge in [-0.2, -0.15) is 0 Å². The molecule has 7 N–H and O–H groups in total. The van der Waals surface area contributed by atoms with Crippen molar-refractivity contribution in [3.63, 3.8) is 0 Å². The quantitative estimate of drug-likeness (QED) is 0.202. The van der Waals surface area contributed by atoms with Gasteiger partial charge in [-0.3, -0.25) is 14.4 Å². The third kappa shape index (κ3) is 4.59. The third-order valence-electron chi connectivity index (χ3n) is 8.42. The molecule has 214 valence electrons. The molecule has 0 bridgehead atoms. The van der Waals surface area contributed by atoms with Crippen LogP contribution in [0, 0.1) is 0 Å². The number of hydrogen-bond acceptors (Lipinski definition) is 7. The molecule has 1 aromatic heterocycles. The largest absolute Gasteiger partial charge is 0.398 e. The molecule has 0 saturated carbocycles. The zero-order valence-electron chi connectivity index (χ0n) is 23.1. The van der Waals surface area contributed by atoms with E-state index in [0.29, 0.717) is 50.4 Å². The number of amides is 2. The van der Waals surface area contributed by atoms with E-state index in [2.05, 4.69) is 24.0 Å². The summed E-state index contributed by atoms with van der Waals surface area (Å²) in [5.41, 5.74) is 23.0. The van der Waals surface area contributed by atoms with Crippen LogP contribution in [0.25, 0.3) is 10.1 Å². The summed E-state index contributed by atoms with van der Waals surface area (Å²) in [5.74, 6) is -0.888. The second-order valence-electron chi connectivity index (χ2n) is 11.1. The first-order valence-electron chi connectivity index (χ1n) is 14.0. The highest BCUT2D eigenvalue weighted by molar-refractivity contribution is 7.21. The van der Waals surface area contributed by atoms with Crippen molar-refractivity contribution >= 4 is 44.7 Å². The topological polar surface area (TPSA) is 145 Å². The molecule has 0 spiro atoms. The first-order chi connectivity index (χ1) is 20.2. The number of anilines is 1. The molecule has 3 unspecified atom stereocenters. The molecular weight excluding hydrogens is 546 g/mol. The number of carbonyl (C=O) groups is 3. The zero-order chi connectivity index (χ0) is 29.6. The van der Waals surface area contributed by atoms with Crippen molar-refractivity contribution in [3.05, 3.63) is 112 Å². The Morgan fingerprint density at radius 2 is 1.79 bits per heavy atom. The average Bonchev–Trinajstić information content (AvgIpc) is 3.42. The van der Waals surface area contributed by atoms with Gasteiger partial charge in [0.2, 0.25) is 5.91 Å². The molecule has 8 nitrogen and oxygen atoms in total. The number of benzene rings is 3. The van der Waals surface area contributed by atoms with E-state index in [1.807, 2.05) is 42.5 Å². The lowest BCUT2D eigenvalue weighted by molar-refractivity contribution is -0.127. The van der Waals surface area contributed by atoms with E-state index in [1.54, 1.807) is 17.0 Å². The number of likely N-dealkylation sites (tertiary alicyclic amines) is 1. The summed E-state index contributed by atoms with van der Waals surface area (Å²) < 4.78 is 0.679. The number of thiophene rings is 1. The fraction of sp³-hybridized carbons (Fsp3) is 0.242. The van der Waals surface area contributed by atoms with Crippen molar-refractivity contribution in [2.75, 3.05) is 18.8 Å². The highest BCUT2D eigenvalue weighted by atomic mass is 32.1. The summed E-state index contributed by atoms with van der Waals surface area (Å²) in [4.78, 5) is 41.9. The van der Waals surface area contributed by atoms with Gasteiger partial charge in [0.25, 0.3) is 5.91 Å². The molecular formula is C33H33N5O3S. The maximum Gasteiger partial charge on any atom is 0.262 e. The SMILES string of the molecule is C=CC(=O)N1CCCC(NC(=O)c2sc3c(N)ccc4c3c2C(N)C(=O)C4(N)c2ccc(Cc3ccccc3)cc2)C1. The molecule has 3 aromatic carbocycles. The minimum Gasteiger partial charge on any atom is -0.398 e. The van der Waals surface area contributed by atoms with Gasteiger partial charge in [0.1, 0.15) is 5.54 Å². The molecule has 1 aliphatic heterocycles. The highest BCUT2D eigenvalue weighted by Gasteiger charge is 2.48. The maximum atomic E-state index is 14.1. The molecule has 1 saturated heterocycles. The van der Waals surface area contributed by atoms with Gasteiger partial charge in [-0.1, -0.05) is 67.2 Å². The standard InChI is InChI=1S/C33H33N5O3S/c1-2-25(39)38-16-6-9-22(18-38)37-32(41)30-27-26-23(14-15-24(34)29(26)42-30)33(36,31(40)28(27)35)21-12-10-20(11-13-21)17-19-7-4-3-5-8-19/h2-5,7-8,10-15,22,28H,1,6,9,16-18,34-36H2,(H,37,41). The molecule has 0 radical (unpaired) electrons. The van der Waals surface area contributed by atoms with Gasteiger partial charge in [0, 0.05) is 35.8 Å². The van der Waals surface area contributed by atoms with Crippen molar-refractivity contribution in [1.82, 2.24) is 10.2 Å². The van der Waals surface area contributed by atoms with Crippen LogP contribution in [0.5, 0.6) is 0 Å². The summed E-state index contributed by atoms with van der Waals surface area (Å²) in [5, 5.41) is 3.73. The first kappa shape index (κ1) is 27.8. The fourth-order valence-corrected chi connectivity index (χ4v) is 7.44. The number of ketones is 1. The van der Waals surface area contributed by atoms with Crippen LogP contribution in [-0.2, 0) is 21.5 Å². The van der Waals surface area contributed by atoms with E-state index >= 15 is 0 Å². The van der Waals surface area contributed by atoms with Crippen LogP contribution in [0.4, 0.5) is 5.69 Å². The number of nitrogens with one attached hydrogen (secondary N) is 1. The van der Waals surface area contributed by atoms with E-state index in [4.69, 9.17) is 17.2 Å². The third-order valence-corrected chi connectivity index (χ3v) is 9.68. The van der Waals surface area contributed by atoms with Gasteiger partial charge in [-0.05, 0) is 53.7 Å². The Kier molecular flexibility index (Phi) is 7.18. The molecule has 6 rings (SSSR count). The second kappa shape index (κ2) is 10.8. The van der Waals surface area contributed by atoms with Crippen molar-refractivity contribution in [1.29, 1.82) is 0 Å². The lowest BCUT2D eigenvalue weighted by Gasteiger charge is -2.37. The monoisotopic (exact) mass is 579 g/mol. The Bertz CT molecular complexity index is 1720. The number of nitrogens with two attached hydrogens (primary N) is 3. The number of rotatable bonds is 6. The lowest BCUT2D eigenvalue weighted by atomic mass is 9.70. The van der Waals surface area contributed by atoms with Crippen molar-refractivity contribution < 1.29 is 14.4 Å². The summed E-state index contributed by atoms with van der Waals surface area (Å²) >= 11 is 1.22. The van der Waals surface area contributed by atoms with E-state index in [0.717, 1.165) is 24.8 Å². The molecule has 1 aliphatic carbocycles. The minimum absolute atomic E-state index is 0.164. The molecule has 2 aliphatic rings. The number of hydrogen-bond donors (Lipinski definition) is 4. The fourth-order valence-electron chi connectivity index (χ4n) is 6.24. The zero-order valence-corrected chi connectivity index (χ0v) is 24.0. The molecule has 2 heterocycles. The summed E-state index contributed by atoms with van der Waals surface area (Å²) in [6.07, 6.45) is 3.53. The Morgan fingerprint density at radius 3 is 2.50 bits per heavy atom. The highest BCUT2D eigenvalue weighted by Crippen LogP contribution is 2.49. The Morgan fingerprint density at radius 1 is 1.07 bits per heavy atom. The van der Waals surface area contributed by atoms with E-state index < -0.39 is 11.6 Å². The first-order valence-corrected chi connectivity index (χ1v) is 14.8. The molecule has 9 heteroatoms. The number of piperidine rings is 1. The van der Waals surface area contributed by atoms with Crippen LogP contribution in [-0.4, -0.2) is 41.6 Å². The lowest BCUT2D eigenvalue weighted by Crippen LogP contribution is -2.53. The van der Waals surface area contributed by atoms with E-state index in [1.165, 1.54) is 23.0 Å². The number of nitrogens with zero attached hydrogens (tertiary/aromatic N) is 1. The van der Waals surface area contributed by atoms with Crippen molar-refractivity contribution in [2.45, 2.75) is 36.9 Å². The normalized spacial score (nSPS) is 21.8. The molecule has 3 atom stereocenters. The second-order valence-corrected chi connectivity index (χ2v) is 12.1. The van der Waals surface area contributed by atoms with Gasteiger partial charge in [0.05, 0.1) is 15.6 Å². The molecule has 4 aromatic rings. The van der Waals surface area contributed by atoms with Gasteiger partial charge < -0.3 is 27.4 Å². The Hall–Kier alpha value is -4.31. The predicted octanol–water partition coefficient (Wildman–Crippen LogP) is 3.77. The van der Waals surface area contributed by atoms with Crippen LogP contribution < -0.4 is 22.5 Å². The van der Waals surface area contributed by atoms with Gasteiger partial charge in [0.15, 0.2) is 5.78 Å². The Labute approximate surface area is 248 Å². The molecule has 42 heavy (non-hydrogen) atoms. The van der Waals surface area contributed by atoms with Crippen LogP contribution in [0.3, 0.4) is 0 Å². The average molecular weight is 580 g/mol. The molecule has 2 amide bonds. The van der Waals surface area contributed by atoms with Crippen LogP contribution in [0.1, 0.15) is 56.4 Å². The predicted molar refractivity (Wildman–Crippen MR) is 166 cm³/mol. The number of carbonyl (C=O) groups excluding carboxylic acids is 3. The summed E-state index contributed by atoms with van der Waals surface area (Å²) in [6.45, 7) is 4.58. The van der Waals surface area contributed by atoms with E-state index in [-0.39, 0.29) is 23.6 Å². The van der Waals surface area contributed by atoms with Gasteiger partial charge in [-0.25, -0.2) is 0 Å². The van der Waals surface area contributed by atoms with Gasteiger partial charge in [-0.15, -0.1) is 11.3 Å². The minimum atomic E-state index is -1.51. The Balaban J connectivity index is 1.36. The smallest absolute Gasteiger partial charge is 0.262 e. The summed E-state index contributed by atoms with van der Waals surface area (Å²) in [7, 11) is 0. The van der Waals surface area contributed by atoms with Crippen LogP contribution >= 0.6 is 11.3 Å². The van der Waals surface area contributed by atoms with Crippen molar-refractivity contribution in [2.24, 2.45) is 11.5 Å². The van der Waals surface area contributed by atoms with Crippen LogP contribution in [0.2, 0.25) is 0 Å². The maximum absolute atomic E-state index is 14.1. The van der Waals surface area contributed by atoms with Gasteiger partial charge >= 0.3 is 0 Å².